The van der Waals surface area contributed by atoms with Crippen LogP contribution in [0.5, 0.6) is 0 Å². The summed E-state index contributed by atoms with van der Waals surface area (Å²) in [5.74, 6) is 0.722. The molecule has 9 heteroatoms. The first kappa shape index (κ1) is 18.2. The van der Waals surface area contributed by atoms with Gasteiger partial charge in [-0.15, -0.1) is 0 Å². The molecule has 0 N–H and O–H groups in total. The van der Waals surface area contributed by atoms with Crippen LogP contribution in [0.3, 0.4) is 0 Å². The maximum atomic E-state index is 13.3. The molecule has 0 spiro atoms. The molecule has 1 aromatic carbocycles. The van der Waals surface area contributed by atoms with Crippen molar-refractivity contribution in [3.63, 3.8) is 0 Å². The zero-order valence-corrected chi connectivity index (χ0v) is 15.2. The van der Waals surface area contributed by atoms with Gasteiger partial charge in [-0.2, -0.15) is 13.2 Å². The van der Waals surface area contributed by atoms with Gasteiger partial charge in [0.1, 0.15) is 12.1 Å². The van der Waals surface area contributed by atoms with Gasteiger partial charge in [-0.25, -0.2) is 18.4 Å². The zero-order valence-electron chi connectivity index (χ0n) is 14.4. The van der Waals surface area contributed by atoms with Gasteiger partial charge in [0.25, 0.3) is 0 Å². The summed E-state index contributed by atoms with van der Waals surface area (Å²) in [5, 5.41) is -0.895. The van der Waals surface area contributed by atoms with Crippen molar-refractivity contribution in [3.05, 3.63) is 47.4 Å². The lowest BCUT2D eigenvalue weighted by atomic mass is 10.2. The van der Waals surface area contributed by atoms with E-state index in [9.17, 15) is 21.6 Å². The predicted octanol–water partition coefficient (Wildman–Crippen LogP) is 3.04. The van der Waals surface area contributed by atoms with E-state index in [2.05, 4.69) is 9.97 Å². The summed E-state index contributed by atoms with van der Waals surface area (Å²) < 4.78 is 65.7. The fourth-order valence-corrected chi connectivity index (χ4v) is 5.83. The first-order valence-corrected chi connectivity index (χ1v) is 10.3. The maximum Gasteiger partial charge on any atom is 0.417 e. The van der Waals surface area contributed by atoms with Gasteiger partial charge in [-0.3, -0.25) is 0 Å². The van der Waals surface area contributed by atoms with Gasteiger partial charge in [0.05, 0.1) is 15.7 Å². The highest BCUT2D eigenvalue weighted by atomic mass is 32.2. The Kier molecular flexibility index (Phi) is 4.37. The molecule has 27 heavy (non-hydrogen) atoms. The van der Waals surface area contributed by atoms with Crippen molar-refractivity contribution in [1.29, 1.82) is 0 Å². The molecule has 0 unspecified atom stereocenters. The Balaban J connectivity index is 1.64. The smallest absolute Gasteiger partial charge is 0.355 e. The SMILES string of the molecule is O=S(=O)(c1ccccc1C(F)(F)F)[C@H]1CCN(c2ncnc3c2CCC3)C1. The molecule has 1 fully saturated rings. The van der Waals surface area contributed by atoms with E-state index in [0.717, 1.165) is 48.5 Å². The van der Waals surface area contributed by atoms with Crippen LogP contribution in [0.25, 0.3) is 0 Å². The van der Waals surface area contributed by atoms with Crippen LogP contribution < -0.4 is 4.90 Å². The Morgan fingerprint density at radius 3 is 2.67 bits per heavy atom. The van der Waals surface area contributed by atoms with E-state index < -0.39 is 31.7 Å². The van der Waals surface area contributed by atoms with Crippen molar-refractivity contribution in [2.24, 2.45) is 0 Å². The Morgan fingerprint density at radius 2 is 1.89 bits per heavy atom. The number of fused-ring (bicyclic) bond motifs is 1. The Bertz CT molecular complexity index is 976. The number of hydrogen-bond donors (Lipinski definition) is 0. The van der Waals surface area contributed by atoms with Crippen molar-refractivity contribution in [3.8, 4) is 0 Å². The van der Waals surface area contributed by atoms with E-state index >= 15 is 0 Å². The first-order chi connectivity index (χ1) is 12.8. The lowest BCUT2D eigenvalue weighted by molar-refractivity contribution is -0.139. The van der Waals surface area contributed by atoms with Crippen LogP contribution in [0.1, 0.15) is 29.7 Å². The molecular weight excluding hydrogens is 379 g/mol. The van der Waals surface area contributed by atoms with Crippen molar-refractivity contribution in [1.82, 2.24) is 9.97 Å². The standard InChI is InChI=1S/C18H18F3N3O2S/c19-18(20,21)14-5-1-2-7-16(14)27(25,26)12-8-9-24(10-12)17-13-4-3-6-15(13)22-11-23-17/h1-2,5,7,11-12H,3-4,6,8-10H2/t12-/m0/s1. The molecule has 4 rings (SSSR count). The summed E-state index contributed by atoms with van der Waals surface area (Å²) >= 11 is 0. The molecule has 1 aromatic heterocycles. The highest BCUT2D eigenvalue weighted by Crippen LogP contribution is 2.37. The molecule has 144 valence electrons. The predicted molar refractivity (Wildman–Crippen MR) is 93.3 cm³/mol. The third-order valence-corrected chi connectivity index (χ3v) is 7.47. The quantitative estimate of drug-likeness (QED) is 0.797. The molecule has 0 saturated carbocycles. The van der Waals surface area contributed by atoms with E-state index in [0.29, 0.717) is 6.54 Å². The van der Waals surface area contributed by atoms with Gasteiger partial charge >= 0.3 is 6.18 Å². The summed E-state index contributed by atoms with van der Waals surface area (Å²) in [6.45, 7) is 0.583. The summed E-state index contributed by atoms with van der Waals surface area (Å²) in [7, 11) is -4.11. The average Bonchev–Trinajstić information content (AvgIpc) is 3.30. The van der Waals surface area contributed by atoms with Gasteiger partial charge in [-0.05, 0) is 37.8 Å². The molecule has 0 amide bonds. The monoisotopic (exact) mass is 397 g/mol. The highest BCUT2D eigenvalue weighted by molar-refractivity contribution is 7.92. The van der Waals surface area contributed by atoms with Crippen molar-refractivity contribution in [2.75, 3.05) is 18.0 Å². The van der Waals surface area contributed by atoms with Crippen LogP contribution in [-0.2, 0) is 28.9 Å². The minimum Gasteiger partial charge on any atom is -0.355 e. The number of nitrogens with zero attached hydrogens (tertiary/aromatic N) is 3. The Labute approximate surface area is 155 Å². The van der Waals surface area contributed by atoms with Gasteiger partial charge in [0, 0.05) is 24.3 Å². The third-order valence-electron chi connectivity index (χ3n) is 5.23. The molecule has 1 aliphatic carbocycles. The van der Waals surface area contributed by atoms with Crippen LogP contribution in [0, 0.1) is 0 Å². The zero-order chi connectivity index (χ0) is 19.2. The van der Waals surface area contributed by atoms with E-state index in [1.807, 2.05) is 4.90 Å². The van der Waals surface area contributed by atoms with Crippen LogP contribution in [0.4, 0.5) is 19.0 Å². The largest absolute Gasteiger partial charge is 0.417 e. The number of rotatable bonds is 3. The highest BCUT2D eigenvalue weighted by Gasteiger charge is 2.42. The minimum atomic E-state index is -4.71. The fourth-order valence-electron chi connectivity index (χ4n) is 3.92. The number of aryl methyl sites for hydroxylation is 1. The number of sulfone groups is 1. The van der Waals surface area contributed by atoms with E-state index in [1.165, 1.54) is 18.5 Å². The summed E-state index contributed by atoms with van der Waals surface area (Å²) in [5.41, 5.74) is 0.909. The summed E-state index contributed by atoms with van der Waals surface area (Å²) in [6, 6.07) is 4.39. The lowest BCUT2D eigenvalue weighted by Gasteiger charge is -2.21. The summed E-state index contributed by atoms with van der Waals surface area (Å²) in [4.78, 5) is 9.81. The second-order valence-electron chi connectivity index (χ2n) is 6.87. The minimum absolute atomic E-state index is 0.137. The van der Waals surface area contributed by atoms with Crippen LogP contribution in [0.15, 0.2) is 35.5 Å². The number of alkyl halides is 3. The molecule has 1 saturated heterocycles. The molecular formula is C18H18F3N3O2S. The first-order valence-electron chi connectivity index (χ1n) is 8.76. The van der Waals surface area contributed by atoms with E-state index in [4.69, 9.17) is 0 Å². The molecule has 2 aliphatic rings. The molecule has 5 nitrogen and oxygen atoms in total. The molecule has 2 aromatic rings. The Hall–Kier alpha value is -2.16. The van der Waals surface area contributed by atoms with Crippen molar-refractivity contribution < 1.29 is 21.6 Å². The van der Waals surface area contributed by atoms with Crippen LogP contribution in [-0.4, -0.2) is 36.7 Å². The average molecular weight is 397 g/mol. The Morgan fingerprint density at radius 1 is 1.11 bits per heavy atom. The maximum absolute atomic E-state index is 13.3. The topological polar surface area (TPSA) is 63.2 Å². The number of halogens is 3. The van der Waals surface area contributed by atoms with Gasteiger partial charge in [0.2, 0.25) is 0 Å². The second kappa shape index (κ2) is 6.47. The van der Waals surface area contributed by atoms with Crippen molar-refractivity contribution in [2.45, 2.75) is 42.0 Å². The van der Waals surface area contributed by atoms with Crippen LogP contribution >= 0.6 is 0 Å². The second-order valence-corrected chi connectivity index (χ2v) is 9.07. The van der Waals surface area contributed by atoms with E-state index in [1.54, 1.807) is 0 Å². The third kappa shape index (κ3) is 3.18. The molecule has 2 heterocycles. The molecule has 1 aliphatic heterocycles. The van der Waals surface area contributed by atoms with Crippen molar-refractivity contribution >= 4 is 15.7 Å². The normalized spacial score (nSPS) is 20.1. The van der Waals surface area contributed by atoms with Gasteiger partial charge in [-0.1, -0.05) is 12.1 Å². The van der Waals surface area contributed by atoms with Crippen LogP contribution in [0.2, 0.25) is 0 Å². The number of anilines is 1. The number of aromatic nitrogens is 2. The number of hydrogen-bond acceptors (Lipinski definition) is 5. The fraction of sp³-hybridized carbons (Fsp3) is 0.444. The van der Waals surface area contributed by atoms with Gasteiger partial charge < -0.3 is 4.90 Å². The van der Waals surface area contributed by atoms with E-state index in [-0.39, 0.29) is 13.0 Å². The molecule has 0 bridgehead atoms. The van der Waals surface area contributed by atoms with Gasteiger partial charge in [0.15, 0.2) is 9.84 Å². The number of benzene rings is 1. The summed E-state index contributed by atoms with van der Waals surface area (Å²) in [6.07, 6.45) is -0.270. The lowest BCUT2D eigenvalue weighted by Crippen LogP contribution is -2.29. The molecule has 1 atom stereocenters. The molecule has 0 radical (unpaired) electrons.